The molecule has 1 amide bonds. The van der Waals surface area contributed by atoms with Crippen molar-refractivity contribution in [3.8, 4) is 0 Å². The molecule has 1 heterocycles. The zero-order valence-electron chi connectivity index (χ0n) is 12.9. The highest BCUT2D eigenvalue weighted by molar-refractivity contribution is 5.85. The number of nitrogens with zero attached hydrogens (tertiary/aromatic N) is 2. The number of carboxylic acid groups (broad SMARTS) is 1. The molecule has 1 aliphatic carbocycles. The van der Waals surface area contributed by atoms with Crippen molar-refractivity contribution in [2.45, 2.75) is 50.8 Å². The van der Waals surface area contributed by atoms with Crippen molar-refractivity contribution in [3.05, 3.63) is 18.5 Å². The largest absolute Gasteiger partial charge is 0.480 e. The molecule has 0 spiro atoms. The monoisotopic (exact) mass is 309 g/mol. The Balaban J connectivity index is 2.02. The van der Waals surface area contributed by atoms with Gasteiger partial charge in [0, 0.05) is 19.5 Å². The van der Waals surface area contributed by atoms with Gasteiger partial charge >= 0.3 is 5.97 Å². The Morgan fingerprint density at radius 2 is 2.23 bits per heavy atom. The second-order valence-corrected chi connectivity index (χ2v) is 5.77. The summed E-state index contributed by atoms with van der Waals surface area (Å²) in [6, 6.07) is 0.296. The van der Waals surface area contributed by atoms with E-state index in [1.807, 2.05) is 0 Å². The number of rotatable bonds is 6. The topological polar surface area (TPSA) is 93.5 Å². The summed E-state index contributed by atoms with van der Waals surface area (Å²) >= 11 is 0. The van der Waals surface area contributed by atoms with Gasteiger partial charge in [0.25, 0.3) is 0 Å². The van der Waals surface area contributed by atoms with Gasteiger partial charge in [-0.25, -0.2) is 4.79 Å². The second-order valence-electron chi connectivity index (χ2n) is 5.77. The van der Waals surface area contributed by atoms with Gasteiger partial charge in [-0.15, -0.1) is 0 Å². The van der Waals surface area contributed by atoms with E-state index in [1.54, 1.807) is 32.5 Å². The molecule has 0 bridgehead atoms. The molecule has 4 unspecified atom stereocenters. The summed E-state index contributed by atoms with van der Waals surface area (Å²) in [5.41, 5.74) is 0. The van der Waals surface area contributed by atoms with E-state index < -0.39 is 18.1 Å². The molecule has 0 aliphatic heterocycles. The third kappa shape index (κ3) is 3.85. The average molecular weight is 309 g/mol. The van der Waals surface area contributed by atoms with Crippen molar-refractivity contribution in [2.24, 2.45) is 5.92 Å². The van der Waals surface area contributed by atoms with Gasteiger partial charge in [-0.3, -0.25) is 9.48 Å². The van der Waals surface area contributed by atoms with Gasteiger partial charge in [0.05, 0.1) is 6.10 Å². The summed E-state index contributed by atoms with van der Waals surface area (Å²) in [6.07, 6.45) is 6.64. The molecule has 1 aliphatic rings. The number of hydrogen-bond acceptors (Lipinski definition) is 4. The van der Waals surface area contributed by atoms with Crippen LogP contribution >= 0.6 is 0 Å². The van der Waals surface area contributed by atoms with Gasteiger partial charge in [-0.2, -0.15) is 5.10 Å². The van der Waals surface area contributed by atoms with Gasteiger partial charge in [0.1, 0.15) is 12.1 Å². The molecule has 1 aromatic heterocycles. The number of methoxy groups -OCH3 is 1. The highest BCUT2D eigenvalue weighted by atomic mass is 16.5. The zero-order chi connectivity index (χ0) is 16.1. The lowest BCUT2D eigenvalue weighted by molar-refractivity contribution is -0.145. The molecule has 4 atom stereocenters. The lowest BCUT2D eigenvalue weighted by atomic mass is 9.82. The van der Waals surface area contributed by atoms with Crippen LogP contribution in [0.3, 0.4) is 0 Å². The Bertz CT molecular complexity index is 503. The summed E-state index contributed by atoms with van der Waals surface area (Å²) in [7, 11) is 1.64. The average Bonchev–Trinajstić information content (AvgIpc) is 3.05. The standard InChI is InChI=1S/C15H23N3O4/c1-10(18-8-4-7-16-18)14(19)17-13(15(20)21)11-5-3-6-12(9-11)22-2/h4,7-8,10-13H,3,5-6,9H2,1-2H3,(H,17,19)(H,20,21). The van der Waals surface area contributed by atoms with Crippen molar-refractivity contribution >= 4 is 11.9 Å². The summed E-state index contributed by atoms with van der Waals surface area (Å²) in [5.74, 6) is -1.44. The van der Waals surface area contributed by atoms with E-state index in [2.05, 4.69) is 10.4 Å². The molecule has 0 aromatic carbocycles. The van der Waals surface area contributed by atoms with Crippen LogP contribution in [0, 0.1) is 5.92 Å². The number of carbonyl (C=O) groups is 2. The van der Waals surface area contributed by atoms with Crippen LogP contribution < -0.4 is 5.32 Å². The molecule has 122 valence electrons. The molecule has 2 N–H and O–H groups in total. The Morgan fingerprint density at radius 3 is 2.82 bits per heavy atom. The van der Waals surface area contributed by atoms with Crippen molar-refractivity contribution in [1.29, 1.82) is 0 Å². The van der Waals surface area contributed by atoms with E-state index in [0.29, 0.717) is 6.42 Å². The SMILES string of the molecule is COC1CCCC(C(NC(=O)C(C)n2cccn2)C(=O)O)C1. The predicted molar refractivity (Wildman–Crippen MR) is 79.3 cm³/mol. The van der Waals surface area contributed by atoms with Crippen molar-refractivity contribution in [2.75, 3.05) is 7.11 Å². The van der Waals surface area contributed by atoms with E-state index in [0.717, 1.165) is 19.3 Å². The molecule has 22 heavy (non-hydrogen) atoms. The molecule has 1 fully saturated rings. The van der Waals surface area contributed by atoms with Crippen molar-refractivity contribution in [1.82, 2.24) is 15.1 Å². The molecule has 2 rings (SSSR count). The molecule has 1 saturated carbocycles. The van der Waals surface area contributed by atoms with Gasteiger partial charge < -0.3 is 15.2 Å². The number of ether oxygens (including phenoxy) is 1. The fourth-order valence-corrected chi connectivity index (χ4v) is 2.98. The first-order valence-electron chi connectivity index (χ1n) is 7.58. The maximum Gasteiger partial charge on any atom is 0.326 e. The van der Waals surface area contributed by atoms with Crippen LogP contribution in [0.15, 0.2) is 18.5 Å². The molecule has 7 heteroatoms. The summed E-state index contributed by atoms with van der Waals surface area (Å²) in [6.45, 7) is 1.69. The summed E-state index contributed by atoms with van der Waals surface area (Å²) in [5, 5.41) is 16.1. The van der Waals surface area contributed by atoms with Gasteiger partial charge in [0.2, 0.25) is 5.91 Å². The number of aliphatic carboxylic acids is 1. The fourth-order valence-electron chi connectivity index (χ4n) is 2.98. The second kappa shape index (κ2) is 7.40. The van der Waals surface area contributed by atoms with Crippen molar-refractivity contribution < 1.29 is 19.4 Å². The molecule has 0 saturated heterocycles. The maximum absolute atomic E-state index is 12.3. The number of carbonyl (C=O) groups excluding carboxylic acids is 1. The fraction of sp³-hybridized carbons (Fsp3) is 0.667. The van der Waals surface area contributed by atoms with Crippen LogP contribution in [0.1, 0.15) is 38.6 Å². The molecular weight excluding hydrogens is 286 g/mol. The highest BCUT2D eigenvalue weighted by Crippen LogP contribution is 2.29. The number of hydrogen-bond donors (Lipinski definition) is 2. The molecule has 7 nitrogen and oxygen atoms in total. The predicted octanol–water partition coefficient (Wildman–Crippen LogP) is 1.22. The minimum absolute atomic E-state index is 0.0704. The lowest BCUT2D eigenvalue weighted by Gasteiger charge is -2.32. The van der Waals surface area contributed by atoms with Crippen LogP contribution in [0.4, 0.5) is 0 Å². The molecule has 1 aromatic rings. The van der Waals surface area contributed by atoms with E-state index in [-0.39, 0.29) is 17.9 Å². The van der Waals surface area contributed by atoms with Crippen LogP contribution in [-0.4, -0.2) is 46.0 Å². The highest BCUT2D eigenvalue weighted by Gasteiger charge is 2.35. The molecular formula is C15H23N3O4. The first-order valence-corrected chi connectivity index (χ1v) is 7.58. The first kappa shape index (κ1) is 16.5. The minimum Gasteiger partial charge on any atom is -0.480 e. The number of nitrogens with one attached hydrogen (secondary N) is 1. The van der Waals surface area contributed by atoms with Gasteiger partial charge in [-0.05, 0) is 38.2 Å². The normalized spacial score (nSPS) is 24.5. The van der Waals surface area contributed by atoms with Crippen molar-refractivity contribution in [3.63, 3.8) is 0 Å². The Morgan fingerprint density at radius 1 is 1.45 bits per heavy atom. The third-order valence-corrected chi connectivity index (χ3v) is 4.34. The Kier molecular flexibility index (Phi) is 5.54. The number of carboxylic acids is 1. The van der Waals surface area contributed by atoms with Gasteiger partial charge in [0.15, 0.2) is 0 Å². The van der Waals surface area contributed by atoms with Crippen LogP contribution in [0.5, 0.6) is 0 Å². The minimum atomic E-state index is -0.997. The van der Waals surface area contributed by atoms with Crippen LogP contribution in [-0.2, 0) is 14.3 Å². The van der Waals surface area contributed by atoms with E-state index in [4.69, 9.17) is 4.74 Å². The molecule has 0 radical (unpaired) electrons. The lowest BCUT2D eigenvalue weighted by Crippen LogP contribution is -2.49. The smallest absolute Gasteiger partial charge is 0.326 e. The van der Waals surface area contributed by atoms with Crippen LogP contribution in [0.25, 0.3) is 0 Å². The first-order chi connectivity index (χ1) is 10.5. The third-order valence-electron chi connectivity index (χ3n) is 4.34. The Labute approximate surface area is 129 Å². The van der Waals surface area contributed by atoms with E-state index in [1.165, 1.54) is 4.68 Å². The Hall–Kier alpha value is -1.89. The van der Waals surface area contributed by atoms with E-state index in [9.17, 15) is 14.7 Å². The zero-order valence-corrected chi connectivity index (χ0v) is 12.9. The maximum atomic E-state index is 12.3. The van der Waals surface area contributed by atoms with Gasteiger partial charge in [-0.1, -0.05) is 6.42 Å². The quantitative estimate of drug-likeness (QED) is 0.824. The number of amides is 1. The summed E-state index contributed by atoms with van der Waals surface area (Å²) < 4.78 is 6.85. The summed E-state index contributed by atoms with van der Waals surface area (Å²) in [4.78, 5) is 23.8. The van der Waals surface area contributed by atoms with Crippen LogP contribution in [0.2, 0.25) is 0 Å². The number of aromatic nitrogens is 2. The van der Waals surface area contributed by atoms with E-state index >= 15 is 0 Å².